The van der Waals surface area contributed by atoms with E-state index in [4.69, 9.17) is 9.47 Å². The summed E-state index contributed by atoms with van der Waals surface area (Å²) in [6.45, 7) is 6.39. The van der Waals surface area contributed by atoms with E-state index in [9.17, 15) is 13.2 Å². The number of fused-ring (bicyclic) bond motifs is 1. The monoisotopic (exact) mass is 622 g/mol. The molecule has 3 N–H and O–H groups in total. The summed E-state index contributed by atoms with van der Waals surface area (Å²) in [5.41, 5.74) is 3.25. The fourth-order valence-corrected chi connectivity index (χ4v) is 7.28. The van der Waals surface area contributed by atoms with Crippen LogP contribution in [-0.2, 0) is 26.9 Å². The molecule has 1 aliphatic rings. The third-order valence-corrected chi connectivity index (χ3v) is 9.54. The number of amides is 1. The molecule has 1 amide bonds. The molecule has 15 heteroatoms. The van der Waals surface area contributed by atoms with Gasteiger partial charge in [0.2, 0.25) is 5.88 Å². The highest BCUT2D eigenvalue weighted by Gasteiger charge is 2.24. The number of H-pyrrole nitrogens is 2. The minimum Gasteiger partial charge on any atom is -0.481 e. The van der Waals surface area contributed by atoms with E-state index in [0.29, 0.717) is 45.5 Å². The first-order chi connectivity index (χ1) is 20.7. The van der Waals surface area contributed by atoms with Crippen LogP contribution >= 0.6 is 11.3 Å². The quantitative estimate of drug-likeness (QED) is 0.221. The molecule has 2 atom stereocenters. The molecule has 4 aromatic heterocycles. The summed E-state index contributed by atoms with van der Waals surface area (Å²) >= 11 is 1.45. The Labute approximate surface area is 251 Å². The standard InChI is InChI=1S/C28H30N8O5S2/c1-16-11-36(12-17(2)41-16)13-26-33-25(14-42-26)27(37)34-23-5-18(6-24-22(23)10-32-35-24)19-4-20(28(40-3)29-7-19)15-43(38,39)21-8-30-31-9-21/h4-10,14,16-17H,11-13,15H2,1-3H3,(H,30,31)(H,32,35)(H,34,37)/t16-,17+. The van der Waals surface area contributed by atoms with Gasteiger partial charge in [0.25, 0.3) is 5.91 Å². The smallest absolute Gasteiger partial charge is 0.275 e. The van der Waals surface area contributed by atoms with Crippen LogP contribution in [0.15, 0.2) is 53.3 Å². The topological polar surface area (TPSA) is 168 Å². The lowest BCUT2D eigenvalue weighted by atomic mass is 10.0. The minimum absolute atomic E-state index is 0.0723. The number of nitrogens with one attached hydrogen (secondary N) is 3. The van der Waals surface area contributed by atoms with Crippen molar-refractivity contribution < 1.29 is 22.7 Å². The van der Waals surface area contributed by atoms with Crippen LogP contribution in [0, 0.1) is 0 Å². The number of ether oxygens (including phenoxy) is 2. The molecular formula is C28H30N8O5S2. The Balaban J connectivity index is 1.25. The summed E-state index contributed by atoms with van der Waals surface area (Å²) < 4.78 is 37.1. The first-order valence-electron chi connectivity index (χ1n) is 13.5. The fraction of sp³-hybridized carbons (Fsp3) is 0.321. The number of rotatable bonds is 9. The van der Waals surface area contributed by atoms with Gasteiger partial charge in [0, 0.05) is 47.4 Å². The number of pyridine rings is 1. The molecule has 1 saturated heterocycles. The van der Waals surface area contributed by atoms with Gasteiger partial charge >= 0.3 is 0 Å². The predicted octanol–water partition coefficient (Wildman–Crippen LogP) is 3.65. The van der Waals surface area contributed by atoms with Crippen LogP contribution < -0.4 is 10.1 Å². The van der Waals surface area contributed by atoms with Gasteiger partial charge in [-0.2, -0.15) is 10.2 Å². The van der Waals surface area contributed by atoms with Crippen LogP contribution in [0.5, 0.6) is 5.88 Å². The van der Waals surface area contributed by atoms with E-state index in [-0.39, 0.29) is 34.6 Å². The predicted molar refractivity (Wildman–Crippen MR) is 161 cm³/mol. The van der Waals surface area contributed by atoms with Gasteiger partial charge in [-0.15, -0.1) is 11.3 Å². The van der Waals surface area contributed by atoms with Gasteiger partial charge in [0.05, 0.1) is 55.2 Å². The number of benzene rings is 1. The number of anilines is 1. The third kappa shape index (κ3) is 6.29. The van der Waals surface area contributed by atoms with Gasteiger partial charge in [-0.05, 0) is 37.6 Å². The third-order valence-electron chi connectivity index (χ3n) is 7.08. The second-order valence-electron chi connectivity index (χ2n) is 10.5. The van der Waals surface area contributed by atoms with Gasteiger partial charge < -0.3 is 14.8 Å². The van der Waals surface area contributed by atoms with E-state index >= 15 is 0 Å². The highest BCUT2D eigenvalue weighted by molar-refractivity contribution is 7.90. The number of morpholine rings is 1. The zero-order valence-electron chi connectivity index (χ0n) is 23.7. The average molecular weight is 623 g/mol. The lowest BCUT2D eigenvalue weighted by molar-refractivity contribution is -0.0705. The second kappa shape index (κ2) is 11.8. The Hall–Kier alpha value is -4.18. The lowest BCUT2D eigenvalue weighted by Gasteiger charge is -2.34. The fourth-order valence-electron chi connectivity index (χ4n) is 5.24. The lowest BCUT2D eigenvalue weighted by Crippen LogP contribution is -2.44. The van der Waals surface area contributed by atoms with Crippen LogP contribution in [-0.4, -0.2) is 82.0 Å². The maximum Gasteiger partial charge on any atom is 0.275 e. The average Bonchev–Trinajstić information content (AvgIpc) is 3.75. The number of hydrogen-bond acceptors (Lipinski definition) is 11. The Morgan fingerprint density at radius 2 is 1.95 bits per heavy atom. The summed E-state index contributed by atoms with van der Waals surface area (Å²) in [6.07, 6.45) is 6.11. The maximum absolute atomic E-state index is 13.3. The van der Waals surface area contributed by atoms with Crippen LogP contribution in [0.2, 0.25) is 0 Å². The Morgan fingerprint density at radius 1 is 1.14 bits per heavy atom. The SMILES string of the molecule is COc1ncc(-c2cc(NC(=O)c3csc(CN4C[C@@H](C)O[C@@H](C)C4)n3)c3cn[nH]c3c2)cc1CS(=O)(=O)c1cn[nH]c1. The van der Waals surface area contributed by atoms with E-state index in [1.807, 2.05) is 6.07 Å². The molecule has 0 spiro atoms. The summed E-state index contributed by atoms with van der Waals surface area (Å²) in [5.74, 6) is -0.473. The van der Waals surface area contributed by atoms with Crippen molar-refractivity contribution in [3.05, 3.63) is 64.6 Å². The van der Waals surface area contributed by atoms with Crippen molar-refractivity contribution in [2.75, 3.05) is 25.5 Å². The minimum atomic E-state index is -3.70. The Morgan fingerprint density at radius 3 is 2.70 bits per heavy atom. The van der Waals surface area contributed by atoms with Crippen molar-refractivity contribution in [1.29, 1.82) is 0 Å². The van der Waals surface area contributed by atoms with Crippen molar-refractivity contribution in [3.8, 4) is 17.0 Å². The largest absolute Gasteiger partial charge is 0.481 e. The number of hydrogen-bond donors (Lipinski definition) is 3. The van der Waals surface area contributed by atoms with Crippen molar-refractivity contribution in [3.63, 3.8) is 0 Å². The van der Waals surface area contributed by atoms with Crippen LogP contribution in [0.25, 0.3) is 22.0 Å². The van der Waals surface area contributed by atoms with Crippen molar-refractivity contribution in [1.82, 2.24) is 35.3 Å². The van der Waals surface area contributed by atoms with Crippen molar-refractivity contribution >= 4 is 43.7 Å². The van der Waals surface area contributed by atoms with Gasteiger partial charge in [-0.1, -0.05) is 0 Å². The Kier molecular flexibility index (Phi) is 7.96. The van der Waals surface area contributed by atoms with Gasteiger partial charge in [-0.25, -0.2) is 18.4 Å². The van der Waals surface area contributed by atoms with Crippen molar-refractivity contribution in [2.45, 2.75) is 43.2 Å². The van der Waals surface area contributed by atoms with Gasteiger partial charge in [-0.3, -0.25) is 19.9 Å². The molecule has 5 heterocycles. The van der Waals surface area contributed by atoms with Crippen molar-refractivity contribution in [2.24, 2.45) is 0 Å². The number of thiazole rings is 1. The van der Waals surface area contributed by atoms with E-state index in [0.717, 1.165) is 18.1 Å². The highest BCUT2D eigenvalue weighted by atomic mass is 32.2. The summed E-state index contributed by atoms with van der Waals surface area (Å²) in [6, 6.07) is 5.38. The molecule has 0 aliphatic carbocycles. The number of methoxy groups -OCH3 is 1. The second-order valence-corrected chi connectivity index (χ2v) is 13.4. The number of carbonyl (C=O) groups excluding carboxylic acids is 1. The molecule has 0 radical (unpaired) electrons. The Bertz CT molecular complexity index is 1860. The summed E-state index contributed by atoms with van der Waals surface area (Å²) in [5, 5.41) is 19.7. The molecule has 43 heavy (non-hydrogen) atoms. The molecule has 5 aromatic rings. The first-order valence-corrected chi connectivity index (χ1v) is 16.1. The molecule has 1 fully saturated rings. The number of aromatic amines is 2. The molecule has 13 nitrogen and oxygen atoms in total. The number of aromatic nitrogens is 6. The summed E-state index contributed by atoms with van der Waals surface area (Å²) in [4.78, 5) is 24.6. The highest BCUT2D eigenvalue weighted by Crippen LogP contribution is 2.33. The molecule has 0 saturated carbocycles. The first kappa shape index (κ1) is 28.9. The van der Waals surface area contributed by atoms with Gasteiger partial charge in [0.1, 0.15) is 15.6 Å². The normalized spacial score (nSPS) is 17.7. The number of carbonyl (C=O) groups is 1. The molecule has 0 unspecified atom stereocenters. The van der Waals surface area contributed by atoms with Gasteiger partial charge in [0.15, 0.2) is 9.84 Å². The zero-order chi connectivity index (χ0) is 30.1. The molecule has 6 rings (SSSR count). The maximum atomic E-state index is 13.3. The summed E-state index contributed by atoms with van der Waals surface area (Å²) in [7, 11) is -2.26. The van der Waals surface area contributed by atoms with Crippen LogP contribution in [0.4, 0.5) is 5.69 Å². The molecular weight excluding hydrogens is 592 g/mol. The van der Waals surface area contributed by atoms with E-state index in [1.54, 1.807) is 29.9 Å². The van der Waals surface area contributed by atoms with E-state index < -0.39 is 9.84 Å². The number of sulfone groups is 1. The number of nitrogens with zero attached hydrogens (tertiary/aromatic N) is 5. The van der Waals surface area contributed by atoms with Crippen LogP contribution in [0.1, 0.15) is 34.9 Å². The molecule has 1 aromatic carbocycles. The molecule has 0 bridgehead atoms. The van der Waals surface area contributed by atoms with E-state index in [2.05, 4.69) is 54.4 Å². The molecule has 1 aliphatic heterocycles. The zero-order valence-corrected chi connectivity index (χ0v) is 25.3. The molecule has 224 valence electrons. The van der Waals surface area contributed by atoms with Crippen LogP contribution in [0.3, 0.4) is 0 Å². The van der Waals surface area contributed by atoms with E-state index in [1.165, 1.54) is 30.8 Å².